The zero-order valence-corrected chi connectivity index (χ0v) is 13.8. The van der Waals surface area contributed by atoms with Crippen LogP contribution in [0, 0.1) is 0 Å². The lowest BCUT2D eigenvalue weighted by Crippen LogP contribution is -2.42. The number of likely N-dealkylation sites (N-methyl/N-ethyl adjacent to an activating group) is 1. The standard InChI is InChI=1S/C18H21ClN2O/c1-13(14-7-5-4-6-8-14)17(18(22)21(2)3)20-16-11-9-15(19)10-12-16/h4-13,17,20H,1-3H3/t13-,17-/m0/s1. The molecule has 0 aliphatic carbocycles. The molecule has 2 rings (SSSR count). The third-order valence-electron chi connectivity index (χ3n) is 3.70. The molecule has 22 heavy (non-hydrogen) atoms. The number of hydrogen-bond donors (Lipinski definition) is 1. The van der Waals surface area contributed by atoms with Crippen LogP contribution in [0.2, 0.25) is 5.02 Å². The van der Waals surface area contributed by atoms with E-state index in [2.05, 4.69) is 12.2 Å². The van der Waals surface area contributed by atoms with Crippen molar-refractivity contribution in [1.82, 2.24) is 4.90 Å². The lowest BCUT2D eigenvalue weighted by molar-refractivity contribution is -0.129. The van der Waals surface area contributed by atoms with Crippen LogP contribution in [0.4, 0.5) is 5.69 Å². The summed E-state index contributed by atoms with van der Waals surface area (Å²) in [5.41, 5.74) is 2.01. The van der Waals surface area contributed by atoms with Crippen molar-refractivity contribution in [2.24, 2.45) is 0 Å². The van der Waals surface area contributed by atoms with Gasteiger partial charge in [0, 0.05) is 30.7 Å². The van der Waals surface area contributed by atoms with Gasteiger partial charge in [-0.1, -0.05) is 48.9 Å². The highest BCUT2D eigenvalue weighted by molar-refractivity contribution is 6.30. The van der Waals surface area contributed by atoms with Crippen molar-refractivity contribution in [3.63, 3.8) is 0 Å². The molecule has 3 nitrogen and oxygen atoms in total. The van der Waals surface area contributed by atoms with Gasteiger partial charge < -0.3 is 10.2 Å². The zero-order valence-electron chi connectivity index (χ0n) is 13.1. The van der Waals surface area contributed by atoms with E-state index in [1.54, 1.807) is 19.0 Å². The number of amides is 1. The first-order valence-electron chi connectivity index (χ1n) is 7.27. The van der Waals surface area contributed by atoms with Gasteiger partial charge in [0.25, 0.3) is 0 Å². The van der Waals surface area contributed by atoms with Crippen molar-refractivity contribution in [2.45, 2.75) is 18.9 Å². The molecule has 0 aliphatic rings. The van der Waals surface area contributed by atoms with E-state index in [9.17, 15) is 4.79 Å². The fraction of sp³-hybridized carbons (Fsp3) is 0.278. The highest BCUT2D eigenvalue weighted by atomic mass is 35.5. The fourth-order valence-corrected chi connectivity index (χ4v) is 2.48. The maximum atomic E-state index is 12.6. The molecular formula is C18H21ClN2O. The van der Waals surface area contributed by atoms with Gasteiger partial charge in [0.1, 0.15) is 6.04 Å². The van der Waals surface area contributed by atoms with Gasteiger partial charge in [0.15, 0.2) is 0 Å². The van der Waals surface area contributed by atoms with Crippen LogP contribution in [0.15, 0.2) is 54.6 Å². The summed E-state index contributed by atoms with van der Waals surface area (Å²) in [6.07, 6.45) is 0. The van der Waals surface area contributed by atoms with Gasteiger partial charge >= 0.3 is 0 Å². The summed E-state index contributed by atoms with van der Waals surface area (Å²) in [5, 5.41) is 4.01. The Kier molecular flexibility index (Phi) is 5.45. The van der Waals surface area contributed by atoms with Crippen molar-refractivity contribution in [2.75, 3.05) is 19.4 Å². The largest absolute Gasteiger partial charge is 0.373 e. The number of hydrogen-bond acceptors (Lipinski definition) is 2. The van der Waals surface area contributed by atoms with Crippen molar-refractivity contribution in [3.05, 3.63) is 65.2 Å². The SMILES string of the molecule is C[C@@H](c1ccccc1)[C@H](Nc1ccc(Cl)cc1)C(=O)N(C)C. The first-order chi connectivity index (χ1) is 10.5. The maximum absolute atomic E-state index is 12.6. The predicted molar refractivity (Wildman–Crippen MR) is 92.4 cm³/mol. The minimum Gasteiger partial charge on any atom is -0.373 e. The van der Waals surface area contributed by atoms with Crippen LogP contribution in [0.25, 0.3) is 0 Å². The molecule has 2 aromatic rings. The lowest BCUT2D eigenvalue weighted by Gasteiger charge is -2.28. The van der Waals surface area contributed by atoms with Gasteiger partial charge in [-0.05, 0) is 29.8 Å². The van der Waals surface area contributed by atoms with Crippen LogP contribution >= 0.6 is 11.6 Å². The number of rotatable bonds is 5. The smallest absolute Gasteiger partial charge is 0.245 e. The monoisotopic (exact) mass is 316 g/mol. The minimum absolute atomic E-state index is 0.0475. The first-order valence-corrected chi connectivity index (χ1v) is 7.65. The molecule has 2 aromatic carbocycles. The van der Waals surface area contributed by atoms with E-state index in [0.717, 1.165) is 11.3 Å². The Bertz CT molecular complexity index is 611. The Morgan fingerprint density at radius 2 is 1.64 bits per heavy atom. The van der Waals surface area contributed by atoms with Crippen LogP contribution < -0.4 is 5.32 Å². The van der Waals surface area contributed by atoms with Crippen LogP contribution in [-0.4, -0.2) is 30.9 Å². The second-order valence-electron chi connectivity index (χ2n) is 5.56. The first kappa shape index (κ1) is 16.4. The second kappa shape index (κ2) is 7.32. The number of benzene rings is 2. The molecule has 0 aromatic heterocycles. The quantitative estimate of drug-likeness (QED) is 0.904. The average molecular weight is 317 g/mol. The Hall–Kier alpha value is -2.00. The number of halogens is 1. The molecule has 0 fully saturated rings. The summed E-state index contributed by atoms with van der Waals surface area (Å²) in [7, 11) is 3.55. The topological polar surface area (TPSA) is 32.3 Å². The fourth-order valence-electron chi connectivity index (χ4n) is 2.35. The van der Waals surface area contributed by atoms with Crippen molar-refractivity contribution in [1.29, 1.82) is 0 Å². The molecule has 2 atom stereocenters. The Morgan fingerprint density at radius 1 is 1.05 bits per heavy atom. The molecule has 4 heteroatoms. The maximum Gasteiger partial charge on any atom is 0.245 e. The molecule has 0 aliphatic heterocycles. The van der Waals surface area contributed by atoms with Gasteiger partial charge in [-0.3, -0.25) is 4.79 Å². The Morgan fingerprint density at radius 3 is 2.18 bits per heavy atom. The Balaban J connectivity index is 2.26. The molecule has 1 N–H and O–H groups in total. The molecule has 0 saturated heterocycles. The van der Waals surface area contributed by atoms with Crippen molar-refractivity contribution in [3.8, 4) is 0 Å². The summed E-state index contributed by atoms with van der Waals surface area (Å²) in [6.45, 7) is 2.06. The van der Waals surface area contributed by atoms with E-state index in [-0.39, 0.29) is 17.9 Å². The summed E-state index contributed by atoms with van der Waals surface area (Å²) >= 11 is 5.92. The molecule has 1 amide bonds. The van der Waals surface area contributed by atoms with E-state index in [1.165, 1.54) is 0 Å². The van der Waals surface area contributed by atoms with Gasteiger partial charge in [-0.2, -0.15) is 0 Å². The average Bonchev–Trinajstić information content (AvgIpc) is 2.54. The van der Waals surface area contributed by atoms with Crippen LogP contribution in [-0.2, 0) is 4.79 Å². The molecule has 0 bridgehead atoms. The number of nitrogens with one attached hydrogen (secondary N) is 1. The number of carbonyl (C=O) groups excluding carboxylic acids is 1. The number of anilines is 1. The highest BCUT2D eigenvalue weighted by Crippen LogP contribution is 2.24. The predicted octanol–water partition coefficient (Wildman–Crippen LogP) is 4.01. The highest BCUT2D eigenvalue weighted by Gasteiger charge is 2.27. The van der Waals surface area contributed by atoms with Crippen LogP contribution in [0.3, 0.4) is 0 Å². The normalized spacial score (nSPS) is 13.3. The van der Waals surface area contributed by atoms with Gasteiger partial charge in [0.05, 0.1) is 0 Å². The molecule has 0 radical (unpaired) electrons. The summed E-state index contributed by atoms with van der Waals surface area (Å²) in [6, 6.07) is 17.1. The van der Waals surface area contributed by atoms with Gasteiger partial charge in [-0.25, -0.2) is 0 Å². The molecule has 116 valence electrons. The van der Waals surface area contributed by atoms with E-state index >= 15 is 0 Å². The Labute approximate surface area is 136 Å². The third-order valence-corrected chi connectivity index (χ3v) is 3.95. The van der Waals surface area contributed by atoms with Gasteiger partial charge in [-0.15, -0.1) is 0 Å². The molecular weight excluding hydrogens is 296 g/mol. The summed E-state index contributed by atoms with van der Waals surface area (Å²) in [5.74, 6) is 0.0954. The molecule has 0 heterocycles. The molecule has 0 spiro atoms. The lowest BCUT2D eigenvalue weighted by atomic mass is 9.92. The summed E-state index contributed by atoms with van der Waals surface area (Å²) in [4.78, 5) is 14.2. The second-order valence-corrected chi connectivity index (χ2v) is 6.00. The molecule has 0 unspecified atom stereocenters. The minimum atomic E-state index is -0.335. The van der Waals surface area contributed by atoms with Crippen LogP contribution in [0.5, 0.6) is 0 Å². The van der Waals surface area contributed by atoms with Crippen LogP contribution in [0.1, 0.15) is 18.4 Å². The van der Waals surface area contributed by atoms with E-state index in [4.69, 9.17) is 11.6 Å². The molecule has 0 saturated carbocycles. The van der Waals surface area contributed by atoms with Crippen molar-refractivity contribution < 1.29 is 4.79 Å². The van der Waals surface area contributed by atoms with Gasteiger partial charge in [0.2, 0.25) is 5.91 Å². The number of nitrogens with zero attached hydrogens (tertiary/aromatic N) is 1. The summed E-state index contributed by atoms with van der Waals surface area (Å²) < 4.78 is 0. The van der Waals surface area contributed by atoms with E-state index in [1.807, 2.05) is 54.6 Å². The van der Waals surface area contributed by atoms with E-state index < -0.39 is 0 Å². The third kappa shape index (κ3) is 4.01. The van der Waals surface area contributed by atoms with Crippen molar-refractivity contribution >= 4 is 23.2 Å². The van der Waals surface area contributed by atoms with E-state index in [0.29, 0.717) is 5.02 Å². The number of carbonyl (C=O) groups is 1. The zero-order chi connectivity index (χ0) is 16.1.